The second-order valence-electron chi connectivity index (χ2n) is 7.37. The highest BCUT2D eigenvalue weighted by molar-refractivity contribution is 4.86. The van der Waals surface area contributed by atoms with Crippen LogP contribution in [0.4, 0.5) is 0 Å². The number of hydrogen-bond donors (Lipinski definition) is 1. The number of likely N-dealkylation sites (tertiary alicyclic amines) is 1. The van der Waals surface area contributed by atoms with Gasteiger partial charge >= 0.3 is 0 Å². The lowest BCUT2D eigenvalue weighted by atomic mass is 9.83. The summed E-state index contributed by atoms with van der Waals surface area (Å²) >= 11 is 0. The molecule has 1 aliphatic rings. The SMILES string of the molecule is CCCC(C)(CNC(C)C)CN1CCC(C)C(OC)C1. The van der Waals surface area contributed by atoms with Gasteiger partial charge in [-0.15, -0.1) is 0 Å². The van der Waals surface area contributed by atoms with Crippen molar-refractivity contribution in [2.75, 3.05) is 33.3 Å². The molecule has 120 valence electrons. The summed E-state index contributed by atoms with van der Waals surface area (Å²) in [5.74, 6) is 0.697. The van der Waals surface area contributed by atoms with Gasteiger partial charge in [0.15, 0.2) is 0 Å². The first-order chi connectivity index (χ1) is 9.40. The highest BCUT2D eigenvalue weighted by Gasteiger charge is 2.31. The van der Waals surface area contributed by atoms with Crippen LogP contribution >= 0.6 is 0 Å². The van der Waals surface area contributed by atoms with Crippen LogP contribution in [0.3, 0.4) is 0 Å². The highest BCUT2D eigenvalue weighted by atomic mass is 16.5. The molecule has 0 saturated carbocycles. The van der Waals surface area contributed by atoms with E-state index in [0.29, 0.717) is 23.5 Å². The molecule has 0 bridgehead atoms. The zero-order valence-corrected chi connectivity index (χ0v) is 14.5. The molecule has 0 spiro atoms. The van der Waals surface area contributed by atoms with Gasteiger partial charge in [-0.2, -0.15) is 0 Å². The van der Waals surface area contributed by atoms with Crippen molar-refractivity contribution in [3.63, 3.8) is 0 Å². The molecular weight excluding hydrogens is 248 g/mol. The average Bonchev–Trinajstić information content (AvgIpc) is 2.39. The molecule has 0 aromatic rings. The van der Waals surface area contributed by atoms with Crippen LogP contribution in [0.25, 0.3) is 0 Å². The van der Waals surface area contributed by atoms with Gasteiger partial charge in [0, 0.05) is 32.8 Å². The van der Waals surface area contributed by atoms with E-state index in [-0.39, 0.29) is 0 Å². The van der Waals surface area contributed by atoms with Gasteiger partial charge in [0.05, 0.1) is 6.10 Å². The molecule has 1 N–H and O–H groups in total. The Hall–Kier alpha value is -0.120. The molecule has 20 heavy (non-hydrogen) atoms. The van der Waals surface area contributed by atoms with Crippen molar-refractivity contribution < 1.29 is 4.74 Å². The van der Waals surface area contributed by atoms with E-state index in [2.05, 4.69) is 44.8 Å². The molecule has 3 atom stereocenters. The molecule has 1 aliphatic heterocycles. The molecular formula is C17H36N2O. The minimum atomic E-state index is 0.373. The normalized spacial score (nSPS) is 27.8. The van der Waals surface area contributed by atoms with Crippen LogP contribution in [0.15, 0.2) is 0 Å². The number of methoxy groups -OCH3 is 1. The Kier molecular flexibility index (Phi) is 7.49. The fraction of sp³-hybridized carbons (Fsp3) is 1.00. The zero-order valence-electron chi connectivity index (χ0n) is 14.5. The summed E-state index contributed by atoms with van der Waals surface area (Å²) in [7, 11) is 1.86. The molecule has 3 heteroatoms. The maximum atomic E-state index is 5.65. The summed E-state index contributed by atoms with van der Waals surface area (Å²) in [6.45, 7) is 16.1. The number of rotatable bonds is 8. The van der Waals surface area contributed by atoms with Crippen molar-refractivity contribution in [1.29, 1.82) is 0 Å². The molecule has 0 aliphatic carbocycles. The van der Waals surface area contributed by atoms with Crippen molar-refractivity contribution in [2.45, 2.75) is 66.0 Å². The fourth-order valence-corrected chi connectivity index (χ4v) is 3.37. The van der Waals surface area contributed by atoms with Crippen LogP contribution in [0.1, 0.15) is 53.9 Å². The lowest BCUT2D eigenvalue weighted by molar-refractivity contribution is -0.0175. The summed E-state index contributed by atoms with van der Waals surface area (Å²) in [5, 5.41) is 3.64. The van der Waals surface area contributed by atoms with Crippen LogP contribution < -0.4 is 5.32 Å². The lowest BCUT2D eigenvalue weighted by Gasteiger charge is -2.42. The number of hydrogen-bond acceptors (Lipinski definition) is 3. The monoisotopic (exact) mass is 284 g/mol. The van der Waals surface area contributed by atoms with E-state index in [1.807, 2.05) is 7.11 Å². The van der Waals surface area contributed by atoms with E-state index in [0.717, 1.165) is 13.1 Å². The summed E-state index contributed by atoms with van der Waals surface area (Å²) < 4.78 is 5.65. The van der Waals surface area contributed by atoms with Gasteiger partial charge in [0.1, 0.15) is 0 Å². The molecule has 1 heterocycles. The third-order valence-corrected chi connectivity index (χ3v) is 4.67. The van der Waals surface area contributed by atoms with Gasteiger partial charge in [0.25, 0.3) is 0 Å². The Morgan fingerprint density at radius 3 is 2.65 bits per heavy atom. The summed E-state index contributed by atoms with van der Waals surface area (Å²) in [5.41, 5.74) is 0.373. The van der Waals surface area contributed by atoms with Crippen molar-refractivity contribution >= 4 is 0 Å². The predicted octanol–water partition coefficient (Wildman–Crippen LogP) is 3.15. The second kappa shape index (κ2) is 8.35. The standard InChI is InChI=1S/C17H36N2O/c1-7-9-17(5,12-18-14(2)3)13-19-10-8-15(4)16(11-19)20-6/h14-16,18H,7-13H2,1-6H3. The Balaban J connectivity index is 2.56. The fourth-order valence-electron chi connectivity index (χ4n) is 3.37. The number of piperidine rings is 1. The largest absolute Gasteiger partial charge is 0.380 e. The molecule has 1 rings (SSSR count). The molecule has 3 unspecified atom stereocenters. The quantitative estimate of drug-likeness (QED) is 0.741. The van der Waals surface area contributed by atoms with Gasteiger partial charge in [-0.1, -0.05) is 41.0 Å². The van der Waals surface area contributed by atoms with Crippen LogP contribution in [-0.4, -0.2) is 50.3 Å². The minimum absolute atomic E-state index is 0.373. The molecule has 0 amide bonds. The topological polar surface area (TPSA) is 24.5 Å². The average molecular weight is 284 g/mol. The van der Waals surface area contributed by atoms with E-state index in [1.165, 1.54) is 32.4 Å². The Labute approximate surface area is 126 Å². The first kappa shape index (κ1) is 17.9. The smallest absolute Gasteiger partial charge is 0.0724 e. The maximum Gasteiger partial charge on any atom is 0.0724 e. The zero-order chi connectivity index (χ0) is 15.2. The molecule has 1 saturated heterocycles. The van der Waals surface area contributed by atoms with E-state index < -0.39 is 0 Å². The van der Waals surface area contributed by atoms with Gasteiger partial charge in [0.2, 0.25) is 0 Å². The first-order valence-electron chi connectivity index (χ1n) is 8.38. The summed E-state index contributed by atoms with van der Waals surface area (Å²) in [4.78, 5) is 2.62. The summed E-state index contributed by atoms with van der Waals surface area (Å²) in [6, 6.07) is 0.569. The number of nitrogens with one attached hydrogen (secondary N) is 1. The third kappa shape index (κ3) is 5.71. The molecule has 0 aromatic heterocycles. The Morgan fingerprint density at radius 1 is 1.40 bits per heavy atom. The highest BCUT2D eigenvalue weighted by Crippen LogP contribution is 2.27. The van der Waals surface area contributed by atoms with Gasteiger partial charge in [-0.25, -0.2) is 0 Å². The predicted molar refractivity (Wildman–Crippen MR) is 87.2 cm³/mol. The van der Waals surface area contributed by atoms with Gasteiger partial charge in [-0.05, 0) is 30.7 Å². The Morgan fingerprint density at radius 2 is 2.10 bits per heavy atom. The third-order valence-electron chi connectivity index (χ3n) is 4.67. The number of nitrogens with zero attached hydrogens (tertiary/aromatic N) is 1. The second-order valence-corrected chi connectivity index (χ2v) is 7.37. The van der Waals surface area contributed by atoms with E-state index in [4.69, 9.17) is 4.74 Å². The van der Waals surface area contributed by atoms with Crippen molar-refractivity contribution in [1.82, 2.24) is 10.2 Å². The van der Waals surface area contributed by atoms with E-state index >= 15 is 0 Å². The van der Waals surface area contributed by atoms with Gasteiger partial charge < -0.3 is 15.0 Å². The van der Waals surface area contributed by atoms with Gasteiger partial charge in [-0.3, -0.25) is 0 Å². The van der Waals surface area contributed by atoms with E-state index in [1.54, 1.807) is 0 Å². The van der Waals surface area contributed by atoms with Crippen molar-refractivity contribution in [2.24, 2.45) is 11.3 Å². The maximum absolute atomic E-state index is 5.65. The summed E-state index contributed by atoms with van der Waals surface area (Å²) in [6.07, 6.45) is 4.22. The van der Waals surface area contributed by atoms with Crippen LogP contribution in [0.2, 0.25) is 0 Å². The lowest BCUT2D eigenvalue weighted by Crippen LogP contribution is -2.50. The van der Waals surface area contributed by atoms with Crippen molar-refractivity contribution in [3.8, 4) is 0 Å². The van der Waals surface area contributed by atoms with Crippen molar-refractivity contribution in [3.05, 3.63) is 0 Å². The molecule has 0 aromatic carbocycles. The van der Waals surface area contributed by atoms with Crippen LogP contribution in [0.5, 0.6) is 0 Å². The molecule has 1 fully saturated rings. The first-order valence-corrected chi connectivity index (χ1v) is 8.38. The van der Waals surface area contributed by atoms with Crippen LogP contribution in [-0.2, 0) is 4.74 Å². The minimum Gasteiger partial charge on any atom is -0.380 e. The molecule has 3 nitrogen and oxygen atoms in total. The molecule has 0 radical (unpaired) electrons. The van der Waals surface area contributed by atoms with E-state index in [9.17, 15) is 0 Å². The number of ether oxygens (including phenoxy) is 1. The Bertz CT molecular complexity index is 270. The van der Waals surface area contributed by atoms with Crippen LogP contribution in [0, 0.1) is 11.3 Å².